The molecule has 43 heavy (non-hydrogen) atoms. The number of aliphatic hydroxyl groups is 1. The molecule has 2 aromatic rings. The van der Waals surface area contributed by atoms with Gasteiger partial charge in [-0.25, -0.2) is 4.39 Å². The molecule has 2 aromatic carbocycles. The molecular weight excluding hydrogens is 549 g/mol. The minimum atomic E-state index is -0.944. The Morgan fingerprint density at radius 3 is 2.72 bits per heavy atom. The molecule has 1 saturated carbocycles. The van der Waals surface area contributed by atoms with Gasteiger partial charge in [0.25, 0.3) is 0 Å². The van der Waals surface area contributed by atoms with Crippen molar-refractivity contribution in [2.24, 2.45) is 5.92 Å². The zero-order valence-corrected chi connectivity index (χ0v) is 25.9. The number of fused-ring (bicyclic) bond motifs is 2. The van der Waals surface area contributed by atoms with Crippen LogP contribution < -0.4 is 15.4 Å². The Bertz CT molecular complexity index is 1220. The third-order valence-electron chi connectivity index (χ3n) is 8.59. The Kier molecular flexibility index (Phi) is 12.0. The van der Waals surface area contributed by atoms with Gasteiger partial charge in [0.05, 0.1) is 25.4 Å². The zero-order chi connectivity index (χ0) is 30.8. The molecule has 8 nitrogen and oxygen atoms in total. The number of hydrogen-bond acceptors (Lipinski definition) is 6. The lowest BCUT2D eigenvalue weighted by Gasteiger charge is -2.28. The highest BCUT2D eigenvalue weighted by Crippen LogP contribution is 2.45. The molecule has 9 heteroatoms. The van der Waals surface area contributed by atoms with E-state index in [4.69, 9.17) is 9.47 Å². The van der Waals surface area contributed by atoms with E-state index < -0.39 is 18.0 Å². The summed E-state index contributed by atoms with van der Waals surface area (Å²) in [6.45, 7) is 6.29. The Morgan fingerprint density at radius 1 is 1.19 bits per heavy atom. The van der Waals surface area contributed by atoms with Crippen LogP contribution in [0.5, 0.6) is 5.75 Å². The Balaban J connectivity index is 1.53. The SMILES string of the molecule is CCCN1CCC(COC)COc2cc(F)cc(c2)CC(C(O)CNC2(c3cccc(CC)c3)CC2)NC(=O)CCC1=O. The normalized spacial score (nSPS) is 22.0. The van der Waals surface area contributed by atoms with Gasteiger partial charge in [0.15, 0.2) is 0 Å². The van der Waals surface area contributed by atoms with Crippen LogP contribution in [0.4, 0.5) is 4.39 Å². The lowest BCUT2D eigenvalue weighted by atomic mass is 9.98. The molecule has 0 aromatic heterocycles. The molecule has 1 aliphatic heterocycles. The second-order valence-corrected chi connectivity index (χ2v) is 12.1. The third-order valence-corrected chi connectivity index (χ3v) is 8.59. The number of aryl methyl sites for hydroxylation is 1. The topological polar surface area (TPSA) is 100 Å². The summed E-state index contributed by atoms with van der Waals surface area (Å²) in [6, 6.07) is 12.3. The van der Waals surface area contributed by atoms with E-state index in [9.17, 15) is 19.1 Å². The summed E-state index contributed by atoms with van der Waals surface area (Å²) in [4.78, 5) is 28.0. The van der Waals surface area contributed by atoms with Crippen molar-refractivity contribution in [2.45, 2.75) is 82.9 Å². The lowest BCUT2D eigenvalue weighted by molar-refractivity contribution is -0.134. The maximum Gasteiger partial charge on any atom is 0.223 e. The number of nitrogens with zero attached hydrogens (tertiary/aromatic N) is 1. The van der Waals surface area contributed by atoms with Crippen molar-refractivity contribution in [2.75, 3.05) is 40.0 Å². The fourth-order valence-corrected chi connectivity index (χ4v) is 5.87. The summed E-state index contributed by atoms with van der Waals surface area (Å²) in [7, 11) is 1.63. The van der Waals surface area contributed by atoms with E-state index in [1.54, 1.807) is 18.1 Å². The maximum atomic E-state index is 14.7. The van der Waals surface area contributed by atoms with E-state index in [2.05, 4.69) is 41.8 Å². The minimum absolute atomic E-state index is 0.00786. The van der Waals surface area contributed by atoms with Crippen LogP contribution in [0.2, 0.25) is 0 Å². The van der Waals surface area contributed by atoms with Crippen LogP contribution in [0.3, 0.4) is 0 Å². The predicted molar refractivity (Wildman–Crippen MR) is 164 cm³/mol. The monoisotopic (exact) mass is 597 g/mol. The second-order valence-electron chi connectivity index (χ2n) is 12.1. The van der Waals surface area contributed by atoms with Crippen molar-refractivity contribution < 1.29 is 28.6 Å². The van der Waals surface area contributed by atoms with Crippen LogP contribution in [0, 0.1) is 11.7 Å². The number of methoxy groups -OCH3 is 1. The van der Waals surface area contributed by atoms with Gasteiger partial charge in [-0.1, -0.05) is 38.1 Å². The first-order chi connectivity index (χ1) is 20.7. The molecule has 2 bridgehead atoms. The first kappa shape index (κ1) is 32.9. The van der Waals surface area contributed by atoms with E-state index in [0.717, 1.165) is 25.7 Å². The van der Waals surface area contributed by atoms with Gasteiger partial charge in [0.1, 0.15) is 11.6 Å². The minimum Gasteiger partial charge on any atom is -0.493 e. The standard InChI is InChI=1S/C34H48FN3O5/c1-4-14-38-15-11-25(22-42-3)23-43-29-18-26(17-28(35)20-29)19-30(37-32(40)9-10-33(38)41)31(39)21-36-34(12-13-34)27-8-6-7-24(5-2)16-27/h6-8,16-18,20,25,30-31,36,39H,4-5,9-15,19,21-23H2,1-3H3,(H,37,40). The molecular formula is C34H48FN3O5. The Hall–Kier alpha value is -3.01. The van der Waals surface area contributed by atoms with E-state index in [1.807, 2.05) is 6.92 Å². The zero-order valence-electron chi connectivity index (χ0n) is 25.9. The Labute approximate surface area is 255 Å². The molecule has 4 rings (SSSR count). The van der Waals surface area contributed by atoms with Gasteiger partial charge >= 0.3 is 0 Å². The average molecular weight is 598 g/mol. The first-order valence-electron chi connectivity index (χ1n) is 15.8. The summed E-state index contributed by atoms with van der Waals surface area (Å²) in [5.74, 6) is -0.439. The summed E-state index contributed by atoms with van der Waals surface area (Å²) in [5, 5.41) is 17.9. The number of carbonyl (C=O) groups is 2. The summed E-state index contributed by atoms with van der Waals surface area (Å²) in [6.07, 6.45) is 3.72. The van der Waals surface area contributed by atoms with Gasteiger partial charge in [-0.05, 0) is 67.3 Å². The molecule has 2 amide bonds. The molecule has 0 saturated heterocycles. The molecule has 1 aliphatic carbocycles. The number of amides is 2. The first-order valence-corrected chi connectivity index (χ1v) is 15.8. The predicted octanol–water partition coefficient (Wildman–Crippen LogP) is 4.12. The van der Waals surface area contributed by atoms with Crippen LogP contribution in [0.1, 0.15) is 69.1 Å². The summed E-state index contributed by atoms with van der Waals surface area (Å²) in [5.41, 5.74) is 2.88. The molecule has 1 fully saturated rings. The summed E-state index contributed by atoms with van der Waals surface area (Å²) < 4.78 is 26.1. The van der Waals surface area contributed by atoms with E-state index in [0.29, 0.717) is 44.0 Å². The van der Waals surface area contributed by atoms with E-state index in [1.165, 1.54) is 23.3 Å². The van der Waals surface area contributed by atoms with Crippen LogP contribution in [0.15, 0.2) is 42.5 Å². The van der Waals surface area contributed by atoms with Crippen LogP contribution >= 0.6 is 0 Å². The van der Waals surface area contributed by atoms with Gasteiger partial charge in [0.2, 0.25) is 11.8 Å². The van der Waals surface area contributed by atoms with E-state index in [-0.39, 0.29) is 49.1 Å². The number of rotatable bonds is 10. The number of hydrogen-bond donors (Lipinski definition) is 3. The fourth-order valence-electron chi connectivity index (χ4n) is 5.87. The van der Waals surface area contributed by atoms with Crippen molar-refractivity contribution in [3.8, 4) is 5.75 Å². The highest BCUT2D eigenvalue weighted by molar-refractivity contribution is 5.84. The van der Waals surface area contributed by atoms with Crippen molar-refractivity contribution in [1.82, 2.24) is 15.5 Å². The number of halogens is 1. The molecule has 1 heterocycles. The van der Waals surface area contributed by atoms with Gasteiger partial charge in [0, 0.05) is 57.1 Å². The van der Waals surface area contributed by atoms with Crippen molar-refractivity contribution >= 4 is 11.8 Å². The maximum absolute atomic E-state index is 14.7. The van der Waals surface area contributed by atoms with Crippen LogP contribution in [-0.4, -0.2) is 73.9 Å². The molecule has 3 N–H and O–H groups in total. The fraction of sp³-hybridized carbons (Fsp3) is 0.588. The van der Waals surface area contributed by atoms with Gasteiger partial charge in [-0.3, -0.25) is 9.59 Å². The number of carbonyl (C=O) groups excluding carboxylic acids is 2. The van der Waals surface area contributed by atoms with Gasteiger partial charge < -0.3 is 30.1 Å². The van der Waals surface area contributed by atoms with Crippen molar-refractivity contribution in [1.29, 1.82) is 0 Å². The summed E-state index contributed by atoms with van der Waals surface area (Å²) >= 11 is 0. The van der Waals surface area contributed by atoms with Crippen molar-refractivity contribution in [3.63, 3.8) is 0 Å². The smallest absolute Gasteiger partial charge is 0.223 e. The third kappa shape index (κ3) is 9.49. The Morgan fingerprint density at radius 2 is 2.00 bits per heavy atom. The highest BCUT2D eigenvalue weighted by atomic mass is 19.1. The van der Waals surface area contributed by atoms with Gasteiger partial charge in [-0.15, -0.1) is 0 Å². The molecule has 0 radical (unpaired) electrons. The number of benzene rings is 2. The average Bonchev–Trinajstić information content (AvgIpc) is 3.79. The second kappa shape index (κ2) is 15.6. The molecule has 0 spiro atoms. The molecule has 3 atom stereocenters. The van der Waals surface area contributed by atoms with Gasteiger partial charge in [-0.2, -0.15) is 0 Å². The van der Waals surface area contributed by atoms with Crippen LogP contribution in [-0.2, 0) is 32.7 Å². The number of ether oxygens (including phenoxy) is 2. The van der Waals surface area contributed by atoms with Crippen LogP contribution in [0.25, 0.3) is 0 Å². The highest BCUT2D eigenvalue weighted by Gasteiger charge is 2.44. The number of nitrogens with one attached hydrogen (secondary N) is 2. The molecule has 236 valence electrons. The van der Waals surface area contributed by atoms with Crippen molar-refractivity contribution in [3.05, 3.63) is 65.0 Å². The quantitative estimate of drug-likeness (QED) is 0.381. The molecule has 3 unspecified atom stereocenters. The van der Waals surface area contributed by atoms with E-state index >= 15 is 0 Å². The number of aliphatic hydroxyl groups excluding tert-OH is 1. The lowest BCUT2D eigenvalue weighted by Crippen LogP contribution is -2.50. The molecule has 2 aliphatic rings. The largest absolute Gasteiger partial charge is 0.493 e.